The maximum Gasteiger partial charge on any atom is 0.243 e. The molecular formula is C25H28Cl4N2O2S. The van der Waals surface area contributed by atoms with Crippen molar-refractivity contribution in [2.24, 2.45) is 0 Å². The molecule has 3 rings (SSSR count). The summed E-state index contributed by atoms with van der Waals surface area (Å²) in [7, 11) is 0. The van der Waals surface area contributed by atoms with Gasteiger partial charge >= 0.3 is 0 Å². The number of halogens is 4. The van der Waals surface area contributed by atoms with Crippen molar-refractivity contribution in [3.63, 3.8) is 0 Å². The fraction of sp³-hybridized carbons (Fsp3) is 0.440. The van der Waals surface area contributed by atoms with Crippen LogP contribution in [-0.2, 0) is 21.9 Å². The van der Waals surface area contributed by atoms with Crippen molar-refractivity contribution >= 4 is 70.0 Å². The number of carbonyl (C=O) groups is 2. The van der Waals surface area contributed by atoms with Gasteiger partial charge in [0.15, 0.2) is 0 Å². The number of thioether (sulfide) groups is 1. The van der Waals surface area contributed by atoms with Crippen molar-refractivity contribution in [3.8, 4) is 0 Å². The van der Waals surface area contributed by atoms with Crippen molar-refractivity contribution in [3.05, 3.63) is 67.6 Å². The standard InChI is InChI=1S/C25H28Cl4N2O2S/c1-2-23(25(33)30-17-6-3-4-7-17)31(13-18-19(26)8-5-9-20(18)27)24(32)15-34-14-16-10-11-21(28)22(29)12-16/h5,8-12,17,23H,2-4,6-7,13-15H2,1H3,(H,30,33)/t23-/m1/s1. The van der Waals surface area contributed by atoms with E-state index in [1.807, 2.05) is 13.0 Å². The summed E-state index contributed by atoms with van der Waals surface area (Å²) in [6.07, 6.45) is 4.68. The molecule has 1 N–H and O–H groups in total. The molecule has 2 amide bonds. The number of nitrogens with one attached hydrogen (secondary N) is 1. The highest BCUT2D eigenvalue weighted by atomic mass is 35.5. The topological polar surface area (TPSA) is 49.4 Å². The number of rotatable bonds is 10. The maximum absolute atomic E-state index is 13.4. The molecular weight excluding hydrogens is 534 g/mol. The van der Waals surface area contributed by atoms with E-state index in [9.17, 15) is 9.59 Å². The first-order valence-electron chi connectivity index (χ1n) is 11.3. The van der Waals surface area contributed by atoms with Gasteiger partial charge < -0.3 is 10.2 Å². The average molecular weight is 562 g/mol. The Bertz CT molecular complexity index is 994. The lowest BCUT2D eigenvalue weighted by Gasteiger charge is -2.32. The van der Waals surface area contributed by atoms with Crippen LogP contribution >= 0.6 is 58.2 Å². The van der Waals surface area contributed by atoms with E-state index in [0.717, 1.165) is 31.2 Å². The van der Waals surface area contributed by atoms with Crippen molar-refractivity contribution in [2.75, 3.05) is 5.75 Å². The molecule has 0 bridgehead atoms. The molecule has 184 valence electrons. The van der Waals surface area contributed by atoms with Crippen molar-refractivity contribution in [2.45, 2.75) is 63.4 Å². The van der Waals surface area contributed by atoms with E-state index >= 15 is 0 Å². The molecule has 9 heteroatoms. The Hall–Kier alpha value is -1.11. The van der Waals surface area contributed by atoms with Crippen LogP contribution < -0.4 is 5.32 Å². The maximum atomic E-state index is 13.4. The van der Waals surface area contributed by atoms with Gasteiger partial charge in [-0.3, -0.25) is 9.59 Å². The number of nitrogens with zero attached hydrogens (tertiary/aromatic N) is 1. The number of amides is 2. The average Bonchev–Trinajstić information content (AvgIpc) is 3.31. The van der Waals surface area contributed by atoms with Crippen LogP contribution in [0.5, 0.6) is 0 Å². The Morgan fingerprint density at radius 1 is 1.03 bits per heavy atom. The molecule has 2 aromatic rings. The zero-order chi connectivity index (χ0) is 24.7. The number of carbonyl (C=O) groups excluding carboxylic acids is 2. The van der Waals surface area contributed by atoms with Gasteiger partial charge in [0.05, 0.1) is 15.8 Å². The first kappa shape index (κ1) is 27.5. The van der Waals surface area contributed by atoms with Gasteiger partial charge in [0.2, 0.25) is 11.8 Å². The van der Waals surface area contributed by atoms with Crippen LogP contribution in [0.1, 0.15) is 50.2 Å². The van der Waals surface area contributed by atoms with E-state index in [-0.39, 0.29) is 30.2 Å². The van der Waals surface area contributed by atoms with Gasteiger partial charge in [-0.2, -0.15) is 0 Å². The highest BCUT2D eigenvalue weighted by Gasteiger charge is 2.31. The summed E-state index contributed by atoms with van der Waals surface area (Å²) in [4.78, 5) is 28.2. The molecule has 1 fully saturated rings. The smallest absolute Gasteiger partial charge is 0.243 e. The molecule has 0 spiro atoms. The second-order valence-corrected chi connectivity index (χ2v) is 11.0. The summed E-state index contributed by atoms with van der Waals surface area (Å²) in [6, 6.07) is 10.2. The monoisotopic (exact) mass is 560 g/mol. The third kappa shape index (κ3) is 7.44. The molecule has 4 nitrogen and oxygen atoms in total. The number of hydrogen-bond donors (Lipinski definition) is 1. The van der Waals surface area contributed by atoms with Crippen LogP contribution in [-0.4, -0.2) is 34.6 Å². The van der Waals surface area contributed by atoms with Gasteiger partial charge in [-0.05, 0) is 49.1 Å². The van der Waals surface area contributed by atoms with E-state index in [1.165, 1.54) is 11.8 Å². The van der Waals surface area contributed by atoms with Crippen LogP contribution in [0.2, 0.25) is 20.1 Å². The van der Waals surface area contributed by atoms with Crippen molar-refractivity contribution in [1.82, 2.24) is 10.2 Å². The predicted molar refractivity (Wildman–Crippen MR) is 144 cm³/mol. The number of hydrogen-bond acceptors (Lipinski definition) is 3. The van der Waals surface area contributed by atoms with Gasteiger partial charge in [-0.15, -0.1) is 11.8 Å². The Morgan fingerprint density at radius 2 is 1.71 bits per heavy atom. The predicted octanol–water partition coefficient (Wildman–Crippen LogP) is 7.40. The van der Waals surface area contributed by atoms with Crippen molar-refractivity contribution < 1.29 is 9.59 Å². The van der Waals surface area contributed by atoms with Crippen LogP contribution in [0.15, 0.2) is 36.4 Å². The van der Waals surface area contributed by atoms with Crippen LogP contribution in [0.25, 0.3) is 0 Å². The quantitative estimate of drug-likeness (QED) is 0.329. The lowest BCUT2D eigenvalue weighted by atomic mass is 10.1. The summed E-state index contributed by atoms with van der Waals surface area (Å²) in [6.45, 7) is 2.08. The molecule has 1 atom stereocenters. The minimum Gasteiger partial charge on any atom is -0.352 e. The summed E-state index contributed by atoms with van der Waals surface area (Å²) in [5.41, 5.74) is 1.61. The zero-order valence-corrected chi connectivity index (χ0v) is 22.8. The Morgan fingerprint density at radius 3 is 2.32 bits per heavy atom. The molecule has 0 unspecified atom stereocenters. The largest absolute Gasteiger partial charge is 0.352 e. The molecule has 1 aliphatic rings. The van der Waals surface area contributed by atoms with E-state index in [0.29, 0.717) is 37.8 Å². The van der Waals surface area contributed by atoms with Crippen molar-refractivity contribution in [1.29, 1.82) is 0 Å². The molecule has 0 heterocycles. The minimum atomic E-state index is -0.606. The molecule has 0 saturated heterocycles. The molecule has 0 aromatic heterocycles. The SMILES string of the molecule is CC[C@H](C(=O)NC1CCCC1)N(Cc1c(Cl)cccc1Cl)C(=O)CSCc1ccc(Cl)c(Cl)c1. The van der Waals surface area contributed by atoms with E-state index in [1.54, 1.807) is 35.2 Å². The Kier molecular flexibility index (Phi) is 10.7. The Balaban J connectivity index is 1.75. The van der Waals surface area contributed by atoms with Crippen LogP contribution in [0, 0.1) is 0 Å². The van der Waals surface area contributed by atoms with Gasteiger partial charge in [-0.1, -0.05) is 78.3 Å². The van der Waals surface area contributed by atoms with Gasteiger partial charge in [0, 0.05) is 33.9 Å². The first-order chi connectivity index (χ1) is 16.3. The summed E-state index contributed by atoms with van der Waals surface area (Å²) in [5, 5.41) is 5.06. The minimum absolute atomic E-state index is 0.125. The second-order valence-electron chi connectivity index (χ2n) is 8.38. The second kappa shape index (κ2) is 13.3. The summed E-state index contributed by atoms with van der Waals surface area (Å²) >= 11 is 26.4. The third-order valence-corrected chi connectivity index (χ3v) is 8.39. The van der Waals surface area contributed by atoms with E-state index < -0.39 is 6.04 Å². The fourth-order valence-electron chi connectivity index (χ4n) is 4.11. The van der Waals surface area contributed by atoms with E-state index in [4.69, 9.17) is 46.4 Å². The van der Waals surface area contributed by atoms with Crippen LogP contribution in [0.3, 0.4) is 0 Å². The van der Waals surface area contributed by atoms with Gasteiger partial charge in [0.25, 0.3) is 0 Å². The molecule has 0 radical (unpaired) electrons. The lowest BCUT2D eigenvalue weighted by Crippen LogP contribution is -2.51. The molecule has 0 aliphatic heterocycles. The summed E-state index contributed by atoms with van der Waals surface area (Å²) in [5.74, 6) is 0.527. The zero-order valence-electron chi connectivity index (χ0n) is 19.0. The molecule has 1 saturated carbocycles. The van der Waals surface area contributed by atoms with Gasteiger partial charge in [-0.25, -0.2) is 0 Å². The summed E-state index contributed by atoms with van der Waals surface area (Å²) < 4.78 is 0. The fourth-order valence-corrected chi connectivity index (χ4v) is 5.80. The Labute approximate surface area is 225 Å². The van der Waals surface area contributed by atoms with Crippen LogP contribution in [0.4, 0.5) is 0 Å². The first-order valence-corrected chi connectivity index (χ1v) is 14.0. The van der Waals surface area contributed by atoms with E-state index in [2.05, 4.69) is 5.32 Å². The molecule has 34 heavy (non-hydrogen) atoms. The molecule has 2 aromatic carbocycles. The number of benzene rings is 2. The third-order valence-electron chi connectivity index (χ3n) is 5.96. The molecule has 1 aliphatic carbocycles. The van der Waals surface area contributed by atoms with Gasteiger partial charge in [0.1, 0.15) is 6.04 Å². The highest BCUT2D eigenvalue weighted by molar-refractivity contribution is 7.99. The normalized spacial score (nSPS) is 14.7. The highest BCUT2D eigenvalue weighted by Crippen LogP contribution is 2.29. The lowest BCUT2D eigenvalue weighted by molar-refractivity contribution is -0.139.